The first-order valence-electron chi connectivity index (χ1n) is 10.5. The van der Waals surface area contributed by atoms with Gasteiger partial charge >= 0.3 is 0 Å². The Morgan fingerprint density at radius 1 is 1.03 bits per heavy atom. The van der Waals surface area contributed by atoms with Gasteiger partial charge in [0.2, 0.25) is 0 Å². The Morgan fingerprint density at radius 2 is 1.72 bits per heavy atom. The number of hydrogen-bond donors (Lipinski definition) is 1. The molecule has 0 saturated heterocycles. The lowest BCUT2D eigenvalue weighted by Gasteiger charge is -2.23. The Morgan fingerprint density at radius 3 is 2.34 bits per heavy atom. The number of rotatable bonds is 8. The number of anilines is 1. The van der Waals surface area contributed by atoms with Gasteiger partial charge in [-0.05, 0) is 67.3 Å². The summed E-state index contributed by atoms with van der Waals surface area (Å²) in [6, 6.07) is 21.5. The molecule has 166 valence electrons. The van der Waals surface area contributed by atoms with Crippen LogP contribution >= 0.6 is 0 Å². The second kappa shape index (κ2) is 9.04. The van der Waals surface area contributed by atoms with E-state index in [1.807, 2.05) is 35.2 Å². The number of hydrogen-bond acceptors (Lipinski definition) is 4. The van der Waals surface area contributed by atoms with Crippen molar-refractivity contribution in [1.29, 1.82) is 0 Å². The van der Waals surface area contributed by atoms with Crippen molar-refractivity contribution >= 4 is 21.6 Å². The lowest BCUT2D eigenvalue weighted by Crippen LogP contribution is -2.32. The van der Waals surface area contributed by atoms with Crippen molar-refractivity contribution in [1.82, 2.24) is 4.90 Å². The van der Waals surface area contributed by atoms with Gasteiger partial charge in [-0.25, -0.2) is 8.42 Å². The zero-order valence-corrected chi connectivity index (χ0v) is 18.9. The van der Waals surface area contributed by atoms with Crippen LogP contribution in [0.3, 0.4) is 0 Å². The van der Waals surface area contributed by atoms with Crippen molar-refractivity contribution in [3.05, 3.63) is 89.5 Å². The molecule has 1 N–H and O–H groups in total. The molecular formula is C25H26N2O4S. The molecule has 3 aromatic rings. The first kappa shape index (κ1) is 21.9. The molecule has 0 aromatic heterocycles. The number of methoxy groups -OCH3 is 1. The van der Waals surface area contributed by atoms with Crippen LogP contribution in [0, 0.1) is 6.92 Å². The van der Waals surface area contributed by atoms with Crippen LogP contribution in [0.5, 0.6) is 5.75 Å². The average molecular weight is 451 g/mol. The Balaban J connectivity index is 1.60. The van der Waals surface area contributed by atoms with Gasteiger partial charge in [0, 0.05) is 23.8 Å². The molecule has 1 aliphatic carbocycles. The average Bonchev–Trinajstić information content (AvgIpc) is 3.63. The summed E-state index contributed by atoms with van der Waals surface area (Å²) < 4.78 is 33.9. The molecule has 0 spiro atoms. The molecule has 4 rings (SSSR count). The minimum atomic E-state index is -3.87. The molecule has 0 atom stereocenters. The monoisotopic (exact) mass is 450 g/mol. The van der Waals surface area contributed by atoms with Crippen LogP contribution in [-0.2, 0) is 16.6 Å². The third kappa shape index (κ3) is 4.94. The van der Waals surface area contributed by atoms with Crippen molar-refractivity contribution in [3.8, 4) is 5.75 Å². The highest BCUT2D eigenvalue weighted by Gasteiger charge is 2.33. The highest BCUT2D eigenvalue weighted by Crippen LogP contribution is 2.31. The SMILES string of the molecule is COc1ccc(NS(=O)(=O)c2cc(C(=O)N(Cc3ccccc3)C3CC3)ccc2C)cc1. The van der Waals surface area contributed by atoms with Gasteiger partial charge in [-0.2, -0.15) is 0 Å². The molecule has 0 aliphatic heterocycles. The van der Waals surface area contributed by atoms with Crippen molar-refractivity contribution in [2.24, 2.45) is 0 Å². The van der Waals surface area contributed by atoms with Gasteiger partial charge in [0.25, 0.3) is 15.9 Å². The van der Waals surface area contributed by atoms with E-state index in [0.717, 1.165) is 18.4 Å². The molecule has 7 heteroatoms. The lowest BCUT2D eigenvalue weighted by molar-refractivity contribution is 0.0729. The summed E-state index contributed by atoms with van der Waals surface area (Å²) >= 11 is 0. The predicted molar refractivity (Wildman–Crippen MR) is 124 cm³/mol. The Hall–Kier alpha value is -3.32. The largest absolute Gasteiger partial charge is 0.497 e. The number of ether oxygens (including phenoxy) is 1. The van der Waals surface area contributed by atoms with Gasteiger partial charge in [0.15, 0.2) is 0 Å². The van der Waals surface area contributed by atoms with Gasteiger partial charge in [0.1, 0.15) is 5.75 Å². The van der Waals surface area contributed by atoms with Gasteiger partial charge in [-0.15, -0.1) is 0 Å². The number of nitrogens with one attached hydrogen (secondary N) is 1. The molecule has 0 heterocycles. The Labute approximate surface area is 188 Å². The highest BCUT2D eigenvalue weighted by atomic mass is 32.2. The molecule has 6 nitrogen and oxygen atoms in total. The Bertz CT molecular complexity index is 1200. The van der Waals surface area contributed by atoms with Crippen LogP contribution < -0.4 is 9.46 Å². The van der Waals surface area contributed by atoms with Crippen LogP contribution in [0.1, 0.15) is 34.3 Å². The lowest BCUT2D eigenvalue weighted by atomic mass is 10.1. The van der Waals surface area contributed by atoms with Crippen molar-refractivity contribution in [3.63, 3.8) is 0 Å². The molecular weight excluding hydrogens is 424 g/mol. The number of benzene rings is 3. The van der Waals surface area contributed by atoms with Crippen molar-refractivity contribution in [2.75, 3.05) is 11.8 Å². The number of amides is 1. The summed E-state index contributed by atoms with van der Waals surface area (Å²) in [7, 11) is -2.32. The fraction of sp³-hybridized carbons (Fsp3) is 0.240. The van der Waals surface area contributed by atoms with E-state index in [0.29, 0.717) is 29.1 Å². The molecule has 0 unspecified atom stereocenters. The van der Waals surface area contributed by atoms with E-state index >= 15 is 0 Å². The summed E-state index contributed by atoms with van der Waals surface area (Å²) in [4.78, 5) is 15.3. The van der Waals surface area contributed by atoms with Crippen LogP contribution in [0.25, 0.3) is 0 Å². The van der Waals surface area contributed by atoms with Gasteiger partial charge < -0.3 is 9.64 Å². The molecule has 1 amide bonds. The van der Waals surface area contributed by atoms with E-state index in [4.69, 9.17) is 4.74 Å². The fourth-order valence-corrected chi connectivity index (χ4v) is 4.92. The second-order valence-electron chi connectivity index (χ2n) is 7.96. The number of carbonyl (C=O) groups excluding carboxylic acids is 1. The molecule has 1 fully saturated rings. The Kier molecular flexibility index (Phi) is 6.19. The third-order valence-corrected chi connectivity index (χ3v) is 7.03. The maximum atomic E-state index is 13.3. The molecule has 1 aliphatic rings. The van der Waals surface area contributed by atoms with Crippen LogP contribution in [0.15, 0.2) is 77.7 Å². The summed E-state index contributed by atoms with van der Waals surface area (Å²) in [5.41, 5.74) is 2.41. The normalized spacial score (nSPS) is 13.4. The van der Waals surface area contributed by atoms with Gasteiger partial charge in [0.05, 0.1) is 12.0 Å². The fourth-order valence-electron chi connectivity index (χ4n) is 3.59. The van der Waals surface area contributed by atoms with Gasteiger partial charge in [-0.3, -0.25) is 9.52 Å². The third-order valence-electron chi connectivity index (χ3n) is 5.51. The zero-order valence-electron chi connectivity index (χ0n) is 18.1. The summed E-state index contributed by atoms with van der Waals surface area (Å²) in [5, 5.41) is 0. The first-order chi connectivity index (χ1) is 15.4. The molecule has 0 bridgehead atoms. The molecule has 1 saturated carbocycles. The van der Waals surface area contributed by atoms with Crippen molar-refractivity contribution in [2.45, 2.75) is 37.2 Å². The van der Waals surface area contributed by atoms with Crippen LogP contribution in [0.4, 0.5) is 5.69 Å². The highest BCUT2D eigenvalue weighted by molar-refractivity contribution is 7.92. The predicted octanol–water partition coefficient (Wildman–Crippen LogP) is 4.61. The number of aryl methyl sites for hydroxylation is 1. The number of nitrogens with zero attached hydrogens (tertiary/aromatic N) is 1. The molecule has 32 heavy (non-hydrogen) atoms. The van der Waals surface area contributed by atoms with E-state index < -0.39 is 10.0 Å². The number of carbonyl (C=O) groups is 1. The molecule has 0 radical (unpaired) electrons. The maximum absolute atomic E-state index is 13.3. The molecule has 3 aromatic carbocycles. The van der Waals surface area contributed by atoms with E-state index in [1.54, 1.807) is 50.4 Å². The van der Waals surface area contributed by atoms with E-state index in [2.05, 4.69) is 4.72 Å². The minimum Gasteiger partial charge on any atom is -0.497 e. The summed E-state index contributed by atoms with van der Waals surface area (Å²) in [5.74, 6) is 0.479. The van der Waals surface area contributed by atoms with E-state index in [9.17, 15) is 13.2 Å². The smallest absolute Gasteiger partial charge is 0.262 e. The number of sulfonamides is 1. The topological polar surface area (TPSA) is 75.7 Å². The van der Waals surface area contributed by atoms with Gasteiger partial charge in [-0.1, -0.05) is 36.4 Å². The van der Waals surface area contributed by atoms with Crippen molar-refractivity contribution < 1.29 is 17.9 Å². The minimum absolute atomic E-state index is 0.0922. The summed E-state index contributed by atoms with van der Waals surface area (Å²) in [6.07, 6.45) is 1.93. The second-order valence-corrected chi connectivity index (χ2v) is 9.61. The first-order valence-corrected chi connectivity index (χ1v) is 12.0. The standard InChI is InChI=1S/C25H26N2O4S/c1-18-8-9-20(25(28)27(22-12-13-22)17-19-6-4-3-5-7-19)16-24(18)32(29,30)26-21-10-14-23(31-2)15-11-21/h3-11,14-16,22,26H,12-13,17H2,1-2H3. The maximum Gasteiger partial charge on any atom is 0.262 e. The van der Waals surface area contributed by atoms with Crippen LogP contribution in [-0.4, -0.2) is 32.4 Å². The quantitative estimate of drug-likeness (QED) is 0.544. The zero-order chi connectivity index (χ0) is 22.7. The van der Waals surface area contributed by atoms with E-state index in [1.165, 1.54) is 6.07 Å². The van der Waals surface area contributed by atoms with Crippen LogP contribution in [0.2, 0.25) is 0 Å². The summed E-state index contributed by atoms with van der Waals surface area (Å²) in [6.45, 7) is 2.23. The van der Waals surface area contributed by atoms with E-state index in [-0.39, 0.29) is 16.8 Å².